The second-order valence-corrected chi connectivity index (χ2v) is 4.47. The molecule has 0 aliphatic heterocycles. The number of nitrogens with one attached hydrogen (secondary N) is 1. The number of carboxylic acid groups (broad SMARTS) is 1. The molecule has 0 spiro atoms. The number of hydrogen-bond donors (Lipinski definition) is 2. The number of carbonyl (C=O) groups excluding carboxylic acids is 1. The first-order valence-electron chi connectivity index (χ1n) is 6.16. The molecule has 0 saturated carbocycles. The molecule has 1 unspecified atom stereocenters. The summed E-state index contributed by atoms with van der Waals surface area (Å²) in [4.78, 5) is 22.9. The number of amides is 1. The molecule has 1 amide bonds. The summed E-state index contributed by atoms with van der Waals surface area (Å²) in [6.45, 7) is 3.28. The summed E-state index contributed by atoms with van der Waals surface area (Å²) in [5.74, 6) is -2.15. The summed E-state index contributed by atoms with van der Waals surface area (Å²) >= 11 is 0. The minimum Gasteiger partial charge on any atom is -0.480 e. The van der Waals surface area contributed by atoms with Crippen LogP contribution in [0.2, 0.25) is 0 Å². The van der Waals surface area contributed by atoms with Crippen LogP contribution >= 0.6 is 0 Å². The van der Waals surface area contributed by atoms with Crippen molar-refractivity contribution in [2.75, 3.05) is 0 Å². The summed E-state index contributed by atoms with van der Waals surface area (Å²) in [5, 5.41) is 11.8. The number of aryl methyl sites for hydroxylation is 1. The van der Waals surface area contributed by atoms with Gasteiger partial charge < -0.3 is 14.8 Å². The van der Waals surface area contributed by atoms with Gasteiger partial charge in [0.15, 0.2) is 5.76 Å². The molecule has 6 heteroatoms. The minimum absolute atomic E-state index is 0.00491. The average Bonchev–Trinajstić information content (AvgIpc) is 2.73. The predicted octanol–water partition coefficient (Wildman–Crippen LogP) is 2.47. The summed E-state index contributed by atoms with van der Waals surface area (Å²) in [5.41, 5.74) is 0.870. The maximum absolute atomic E-state index is 13.2. The van der Waals surface area contributed by atoms with E-state index in [9.17, 15) is 14.0 Å². The Morgan fingerprint density at radius 2 is 2.15 bits per heavy atom. The first-order chi connectivity index (χ1) is 9.43. The van der Waals surface area contributed by atoms with Crippen LogP contribution < -0.4 is 5.32 Å². The van der Waals surface area contributed by atoms with E-state index in [1.165, 1.54) is 18.2 Å². The minimum atomic E-state index is -1.11. The van der Waals surface area contributed by atoms with Gasteiger partial charge >= 0.3 is 5.97 Å². The van der Waals surface area contributed by atoms with Gasteiger partial charge in [0.2, 0.25) is 0 Å². The van der Waals surface area contributed by atoms with E-state index in [0.29, 0.717) is 16.5 Å². The highest BCUT2D eigenvalue weighted by atomic mass is 19.1. The van der Waals surface area contributed by atoms with Crippen LogP contribution in [0.5, 0.6) is 0 Å². The van der Waals surface area contributed by atoms with E-state index in [2.05, 4.69) is 5.32 Å². The van der Waals surface area contributed by atoms with Crippen molar-refractivity contribution >= 4 is 22.8 Å². The molecule has 1 atom stereocenters. The van der Waals surface area contributed by atoms with Crippen molar-refractivity contribution in [3.8, 4) is 0 Å². The van der Waals surface area contributed by atoms with Crippen molar-refractivity contribution in [3.63, 3.8) is 0 Å². The summed E-state index contributed by atoms with van der Waals surface area (Å²) in [7, 11) is 0. The van der Waals surface area contributed by atoms with Crippen molar-refractivity contribution in [2.45, 2.75) is 26.3 Å². The van der Waals surface area contributed by atoms with Crippen molar-refractivity contribution in [2.24, 2.45) is 0 Å². The highest BCUT2D eigenvalue weighted by molar-refractivity contribution is 6.00. The Labute approximate surface area is 114 Å². The lowest BCUT2D eigenvalue weighted by Crippen LogP contribution is -2.40. The summed E-state index contributed by atoms with van der Waals surface area (Å²) in [6, 6.07) is 2.97. The Hall–Kier alpha value is -2.37. The standard InChI is InChI=1S/C14H14FNO4/c1-3-10(14(18)19)16-13(17)12-7(2)9-6-8(15)4-5-11(9)20-12/h4-6,10H,3H2,1-2H3,(H,16,17)(H,18,19). The van der Waals surface area contributed by atoms with E-state index < -0.39 is 23.7 Å². The van der Waals surface area contributed by atoms with Gasteiger partial charge in [-0.2, -0.15) is 0 Å². The van der Waals surface area contributed by atoms with Gasteiger partial charge in [-0.15, -0.1) is 0 Å². The number of rotatable bonds is 4. The molecule has 0 fully saturated rings. The van der Waals surface area contributed by atoms with Gasteiger partial charge in [0.05, 0.1) is 0 Å². The van der Waals surface area contributed by atoms with Crippen molar-refractivity contribution in [1.29, 1.82) is 0 Å². The van der Waals surface area contributed by atoms with Gasteiger partial charge in [-0.1, -0.05) is 6.92 Å². The molecule has 1 heterocycles. The Bertz CT molecular complexity index is 677. The zero-order valence-corrected chi connectivity index (χ0v) is 11.1. The van der Waals surface area contributed by atoms with Gasteiger partial charge in [-0.25, -0.2) is 9.18 Å². The monoisotopic (exact) mass is 279 g/mol. The Kier molecular flexibility index (Phi) is 3.74. The van der Waals surface area contributed by atoms with Crippen LogP contribution in [-0.4, -0.2) is 23.0 Å². The normalized spacial score (nSPS) is 12.3. The number of benzene rings is 1. The second-order valence-electron chi connectivity index (χ2n) is 4.47. The Balaban J connectivity index is 2.35. The quantitative estimate of drug-likeness (QED) is 0.901. The number of halogens is 1. The predicted molar refractivity (Wildman–Crippen MR) is 70.1 cm³/mol. The van der Waals surface area contributed by atoms with Crippen LogP contribution in [0.15, 0.2) is 22.6 Å². The molecule has 0 saturated heterocycles. The lowest BCUT2D eigenvalue weighted by molar-refractivity contribution is -0.139. The third-order valence-corrected chi connectivity index (χ3v) is 3.12. The number of fused-ring (bicyclic) bond motifs is 1. The summed E-state index contributed by atoms with van der Waals surface area (Å²) in [6.07, 6.45) is 0.259. The lowest BCUT2D eigenvalue weighted by atomic mass is 10.1. The highest BCUT2D eigenvalue weighted by Gasteiger charge is 2.23. The Morgan fingerprint density at radius 1 is 1.45 bits per heavy atom. The van der Waals surface area contributed by atoms with E-state index in [1.54, 1.807) is 13.8 Å². The largest absolute Gasteiger partial charge is 0.480 e. The topological polar surface area (TPSA) is 79.5 Å². The van der Waals surface area contributed by atoms with Gasteiger partial charge in [0.1, 0.15) is 17.4 Å². The maximum Gasteiger partial charge on any atom is 0.326 e. The van der Waals surface area contributed by atoms with Crippen LogP contribution in [0.25, 0.3) is 11.0 Å². The SMILES string of the molecule is CCC(NC(=O)c1oc2ccc(F)cc2c1C)C(=O)O. The molecule has 0 bridgehead atoms. The zero-order valence-electron chi connectivity index (χ0n) is 11.1. The number of carboxylic acids is 1. The molecule has 2 aromatic rings. The fourth-order valence-electron chi connectivity index (χ4n) is 1.97. The molecule has 1 aromatic carbocycles. The summed E-state index contributed by atoms with van der Waals surface area (Å²) < 4.78 is 18.5. The lowest BCUT2D eigenvalue weighted by Gasteiger charge is -2.10. The molecule has 2 N–H and O–H groups in total. The van der Waals surface area contributed by atoms with E-state index in [4.69, 9.17) is 9.52 Å². The molecule has 0 aliphatic carbocycles. The van der Waals surface area contributed by atoms with Crippen LogP contribution in [0.1, 0.15) is 29.5 Å². The molecule has 20 heavy (non-hydrogen) atoms. The molecule has 1 aromatic heterocycles. The molecular weight excluding hydrogens is 265 g/mol. The second kappa shape index (κ2) is 5.32. The number of furan rings is 1. The van der Waals surface area contributed by atoms with Crippen molar-refractivity contribution in [3.05, 3.63) is 35.3 Å². The number of hydrogen-bond acceptors (Lipinski definition) is 3. The fourth-order valence-corrected chi connectivity index (χ4v) is 1.97. The molecule has 0 radical (unpaired) electrons. The number of aliphatic carboxylic acids is 1. The van der Waals surface area contributed by atoms with Crippen LogP contribution in [-0.2, 0) is 4.79 Å². The zero-order chi connectivity index (χ0) is 14.9. The van der Waals surface area contributed by atoms with E-state index in [1.807, 2.05) is 0 Å². The van der Waals surface area contributed by atoms with Crippen LogP contribution in [0.4, 0.5) is 4.39 Å². The van der Waals surface area contributed by atoms with Gasteiger partial charge in [-0.05, 0) is 31.5 Å². The first kappa shape index (κ1) is 14.0. The Morgan fingerprint density at radius 3 is 2.75 bits per heavy atom. The van der Waals surface area contributed by atoms with E-state index in [-0.39, 0.29) is 12.2 Å². The van der Waals surface area contributed by atoms with Crippen molar-refractivity contribution < 1.29 is 23.5 Å². The van der Waals surface area contributed by atoms with E-state index in [0.717, 1.165) is 0 Å². The van der Waals surface area contributed by atoms with Gasteiger partial charge in [-0.3, -0.25) is 4.79 Å². The first-order valence-corrected chi connectivity index (χ1v) is 6.16. The molecule has 2 rings (SSSR count). The molecule has 106 valence electrons. The smallest absolute Gasteiger partial charge is 0.326 e. The average molecular weight is 279 g/mol. The molecular formula is C14H14FNO4. The van der Waals surface area contributed by atoms with Gasteiger partial charge in [0, 0.05) is 10.9 Å². The van der Waals surface area contributed by atoms with E-state index >= 15 is 0 Å². The third-order valence-electron chi connectivity index (χ3n) is 3.12. The van der Waals surface area contributed by atoms with Crippen molar-refractivity contribution in [1.82, 2.24) is 5.32 Å². The number of carbonyl (C=O) groups is 2. The van der Waals surface area contributed by atoms with Crippen LogP contribution in [0.3, 0.4) is 0 Å². The molecule has 0 aliphatic rings. The third kappa shape index (κ3) is 2.49. The molecule has 5 nitrogen and oxygen atoms in total. The van der Waals surface area contributed by atoms with Gasteiger partial charge in [0.25, 0.3) is 5.91 Å². The fraction of sp³-hybridized carbons (Fsp3) is 0.286. The maximum atomic E-state index is 13.2. The van der Waals surface area contributed by atoms with Crippen LogP contribution in [0, 0.1) is 12.7 Å². The highest BCUT2D eigenvalue weighted by Crippen LogP contribution is 2.26.